The summed E-state index contributed by atoms with van der Waals surface area (Å²) in [5, 5.41) is 10.7. The van der Waals surface area contributed by atoms with Gasteiger partial charge in [-0.25, -0.2) is 0 Å². The summed E-state index contributed by atoms with van der Waals surface area (Å²) in [7, 11) is 1.60. The maximum Gasteiger partial charge on any atom is 0.261 e. The van der Waals surface area contributed by atoms with Gasteiger partial charge in [0.2, 0.25) is 5.82 Å². The Hall–Kier alpha value is -3.94. The largest absolute Gasteiger partial charge is 0.497 e. The van der Waals surface area contributed by atoms with E-state index in [9.17, 15) is 4.79 Å². The van der Waals surface area contributed by atoms with E-state index in [1.165, 1.54) is 0 Å². The molecule has 0 unspecified atom stereocenters. The molecule has 0 aliphatic carbocycles. The van der Waals surface area contributed by atoms with Crippen molar-refractivity contribution in [3.8, 4) is 28.6 Å². The molecule has 0 fully saturated rings. The zero-order chi connectivity index (χ0) is 20.4. The van der Waals surface area contributed by atoms with E-state index in [-0.39, 0.29) is 5.91 Å². The van der Waals surface area contributed by atoms with Crippen molar-refractivity contribution in [3.05, 3.63) is 65.5 Å². The zero-order valence-corrected chi connectivity index (χ0v) is 16.1. The highest BCUT2D eigenvalue weighted by Crippen LogP contribution is 2.26. The standard InChI is InChI=1S/C21H18N4O4/c1-12-18(13(2)28-24-12)20(26)22-16-9-7-14(8-10-16)21-23-19(25-29-21)15-5-4-6-17(11-15)27-3/h4-11H,1-3H3,(H,22,26). The molecule has 4 rings (SSSR count). The molecular weight excluding hydrogens is 372 g/mol. The van der Waals surface area contributed by atoms with Crippen LogP contribution in [0.25, 0.3) is 22.8 Å². The van der Waals surface area contributed by atoms with Gasteiger partial charge < -0.3 is 19.1 Å². The van der Waals surface area contributed by atoms with Crippen molar-refractivity contribution in [1.29, 1.82) is 0 Å². The normalized spacial score (nSPS) is 10.7. The van der Waals surface area contributed by atoms with E-state index in [2.05, 4.69) is 20.6 Å². The number of hydrogen-bond acceptors (Lipinski definition) is 7. The summed E-state index contributed by atoms with van der Waals surface area (Å²) in [6, 6.07) is 14.5. The molecule has 1 N–H and O–H groups in total. The lowest BCUT2D eigenvalue weighted by molar-refractivity contribution is 0.102. The van der Waals surface area contributed by atoms with Gasteiger partial charge in [0, 0.05) is 16.8 Å². The molecule has 0 spiro atoms. The maximum absolute atomic E-state index is 12.4. The molecule has 8 nitrogen and oxygen atoms in total. The fraction of sp³-hybridized carbons (Fsp3) is 0.143. The Kier molecular flexibility index (Phi) is 4.82. The van der Waals surface area contributed by atoms with Crippen molar-refractivity contribution >= 4 is 11.6 Å². The summed E-state index contributed by atoms with van der Waals surface area (Å²) >= 11 is 0. The van der Waals surface area contributed by atoms with Gasteiger partial charge in [-0.3, -0.25) is 4.79 Å². The van der Waals surface area contributed by atoms with Crippen LogP contribution in [0.3, 0.4) is 0 Å². The van der Waals surface area contributed by atoms with Crippen LogP contribution in [-0.4, -0.2) is 28.3 Å². The molecular formula is C21H18N4O4. The van der Waals surface area contributed by atoms with Crippen molar-refractivity contribution in [2.45, 2.75) is 13.8 Å². The molecule has 2 aromatic heterocycles. The van der Waals surface area contributed by atoms with Crippen molar-refractivity contribution in [2.75, 3.05) is 12.4 Å². The Morgan fingerprint density at radius 2 is 1.79 bits per heavy atom. The van der Waals surface area contributed by atoms with E-state index in [4.69, 9.17) is 13.8 Å². The number of amides is 1. The van der Waals surface area contributed by atoms with E-state index in [0.717, 1.165) is 11.1 Å². The van der Waals surface area contributed by atoms with Gasteiger partial charge in [-0.15, -0.1) is 0 Å². The minimum absolute atomic E-state index is 0.271. The first kappa shape index (κ1) is 18.4. The van der Waals surface area contributed by atoms with Gasteiger partial charge in [0.15, 0.2) is 0 Å². The average Bonchev–Trinajstić information content (AvgIpc) is 3.35. The average molecular weight is 390 g/mol. The fourth-order valence-electron chi connectivity index (χ4n) is 2.92. The third-order valence-corrected chi connectivity index (χ3v) is 4.40. The Morgan fingerprint density at radius 3 is 2.48 bits per heavy atom. The minimum atomic E-state index is -0.271. The summed E-state index contributed by atoms with van der Waals surface area (Å²) in [5.74, 6) is 1.77. The van der Waals surface area contributed by atoms with Crippen LogP contribution in [0.2, 0.25) is 0 Å². The van der Waals surface area contributed by atoms with Crippen molar-refractivity contribution in [2.24, 2.45) is 0 Å². The number of aryl methyl sites for hydroxylation is 2. The molecule has 146 valence electrons. The second kappa shape index (κ2) is 7.59. The Balaban J connectivity index is 1.51. The molecule has 0 radical (unpaired) electrons. The number of hydrogen-bond donors (Lipinski definition) is 1. The Morgan fingerprint density at radius 1 is 1.00 bits per heavy atom. The van der Waals surface area contributed by atoms with Crippen LogP contribution in [0.15, 0.2) is 57.6 Å². The van der Waals surface area contributed by atoms with Crippen LogP contribution in [0.4, 0.5) is 5.69 Å². The lowest BCUT2D eigenvalue weighted by Crippen LogP contribution is -2.13. The molecule has 4 aromatic rings. The molecule has 0 atom stereocenters. The summed E-state index contributed by atoms with van der Waals surface area (Å²) in [6.45, 7) is 3.43. The molecule has 0 saturated heterocycles. The zero-order valence-electron chi connectivity index (χ0n) is 16.1. The Labute approximate surface area is 166 Å². The van der Waals surface area contributed by atoms with Crippen LogP contribution in [0.5, 0.6) is 5.75 Å². The summed E-state index contributed by atoms with van der Waals surface area (Å²) in [4.78, 5) is 16.9. The van der Waals surface area contributed by atoms with Gasteiger partial charge >= 0.3 is 0 Å². The second-order valence-electron chi connectivity index (χ2n) is 6.39. The quantitative estimate of drug-likeness (QED) is 0.543. The number of methoxy groups -OCH3 is 1. The predicted molar refractivity (Wildman–Crippen MR) is 106 cm³/mol. The molecule has 8 heteroatoms. The van der Waals surface area contributed by atoms with Crippen LogP contribution < -0.4 is 10.1 Å². The highest BCUT2D eigenvalue weighted by atomic mass is 16.5. The van der Waals surface area contributed by atoms with Crippen molar-refractivity contribution in [1.82, 2.24) is 15.3 Å². The van der Waals surface area contributed by atoms with Gasteiger partial charge in [0.05, 0.1) is 12.8 Å². The number of carbonyl (C=O) groups excluding carboxylic acids is 1. The van der Waals surface area contributed by atoms with E-state index >= 15 is 0 Å². The first-order chi connectivity index (χ1) is 14.0. The summed E-state index contributed by atoms with van der Waals surface area (Å²) in [6.07, 6.45) is 0. The van der Waals surface area contributed by atoms with Crippen molar-refractivity contribution in [3.63, 3.8) is 0 Å². The third-order valence-electron chi connectivity index (χ3n) is 4.40. The van der Waals surface area contributed by atoms with Crippen LogP contribution in [0, 0.1) is 13.8 Å². The molecule has 2 heterocycles. The Bertz CT molecular complexity index is 1140. The van der Waals surface area contributed by atoms with Gasteiger partial charge in [0.1, 0.15) is 17.1 Å². The second-order valence-corrected chi connectivity index (χ2v) is 6.39. The smallest absolute Gasteiger partial charge is 0.261 e. The number of aromatic nitrogens is 3. The topological polar surface area (TPSA) is 103 Å². The summed E-state index contributed by atoms with van der Waals surface area (Å²) in [5.41, 5.74) is 3.15. The number of anilines is 1. The molecule has 29 heavy (non-hydrogen) atoms. The number of rotatable bonds is 5. The highest BCUT2D eigenvalue weighted by molar-refractivity contribution is 6.05. The number of nitrogens with one attached hydrogen (secondary N) is 1. The van der Waals surface area contributed by atoms with Gasteiger partial charge in [-0.05, 0) is 50.2 Å². The van der Waals surface area contributed by atoms with Gasteiger partial charge in [0.25, 0.3) is 11.8 Å². The molecule has 0 bridgehead atoms. The number of benzene rings is 2. The lowest BCUT2D eigenvalue weighted by atomic mass is 10.1. The van der Waals surface area contributed by atoms with Crippen LogP contribution >= 0.6 is 0 Å². The molecule has 0 aliphatic heterocycles. The van der Waals surface area contributed by atoms with E-state index in [0.29, 0.717) is 40.2 Å². The minimum Gasteiger partial charge on any atom is -0.497 e. The predicted octanol–water partition coefficient (Wildman–Crippen LogP) is 4.27. The third kappa shape index (κ3) is 3.73. The van der Waals surface area contributed by atoms with Gasteiger partial charge in [-0.1, -0.05) is 22.4 Å². The summed E-state index contributed by atoms with van der Waals surface area (Å²) < 4.78 is 15.6. The number of carbonyl (C=O) groups is 1. The lowest BCUT2D eigenvalue weighted by Gasteiger charge is -2.05. The number of nitrogens with zero attached hydrogens (tertiary/aromatic N) is 3. The first-order valence-electron chi connectivity index (χ1n) is 8.88. The molecule has 0 aliphatic rings. The van der Waals surface area contributed by atoms with E-state index in [1.54, 1.807) is 45.2 Å². The van der Waals surface area contributed by atoms with E-state index in [1.807, 2.05) is 24.3 Å². The molecule has 2 aromatic carbocycles. The van der Waals surface area contributed by atoms with Crippen LogP contribution in [-0.2, 0) is 0 Å². The van der Waals surface area contributed by atoms with Gasteiger partial charge in [-0.2, -0.15) is 4.98 Å². The van der Waals surface area contributed by atoms with Crippen molar-refractivity contribution < 1.29 is 18.6 Å². The first-order valence-corrected chi connectivity index (χ1v) is 8.88. The monoisotopic (exact) mass is 390 g/mol. The molecule has 1 amide bonds. The highest BCUT2D eigenvalue weighted by Gasteiger charge is 2.18. The maximum atomic E-state index is 12.4. The van der Waals surface area contributed by atoms with E-state index < -0.39 is 0 Å². The number of ether oxygens (including phenoxy) is 1. The van der Waals surface area contributed by atoms with Crippen LogP contribution in [0.1, 0.15) is 21.8 Å². The fourth-order valence-corrected chi connectivity index (χ4v) is 2.92. The SMILES string of the molecule is COc1cccc(-c2noc(-c3ccc(NC(=O)c4c(C)noc4C)cc3)n2)c1. The molecule has 0 saturated carbocycles.